The van der Waals surface area contributed by atoms with Crippen LogP contribution in [0, 0.1) is 0 Å². The summed E-state index contributed by atoms with van der Waals surface area (Å²) in [6.07, 6.45) is -0.538. The molecule has 0 aliphatic carbocycles. The quantitative estimate of drug-likeness (QED) is 0.324. The van der Waals surface area contributed by atoms with E-state index < -0.39 is 20.5 Å². The summed E-state index contributed by atoms with van der Waals surface area (Å²) in [7, 11) is -1.37. The molecule has 0 saturated carbocycles. The third-order valence-corrected chi connectivity index (χ3v) is 12.2. The molecular formula is C31H38N2O5Si. The summed E-state index contributed by atoms with van der Waals surface area (Å²) in [4.78, 5) is 28.0. The summed E-state index contributed by atoms with van der Waals surface area (Å²) in [5.41, 5.74) is 0.880. The molecule has 2 atom stereocenters. The number of ether oxygens (including phenoxy) is 2. The summed E-state index contributed by atoms with van der Waals surface area (Å²) in [6, 6.07) is 29.5. The van der Waals surface area contributed by atoms with Gasteiger partial charge in [-0.15, -0.1) is 0 Å². The number of nitrogens with zero attached hydrogens (tertiary/aromatic N) is 1. The highest BCUT2D eigenvalue weighted by Gasteiger charge is 2.53. The molecule has 206 valence electrons. The van der Waals surface area contributed by atoms with Crippen molar-refractivity contribution < 1.29 is 23.5 Å². The van der Waals surface area contributed by atoms with Crippen LogP contribution in [-0.4, -0.2) is 57.7 Å². The van der Waals surface area contributed by atoms with Gasteiger partial charge in [0.25, 0.3) is 8.32 Å². The summed E-state index contributed by atoms with van der Waals surface area (Å²) in [5, 5.41) is 4.82. The Morgan fingerprint density at radius 3 is 1.95 bits per heavy atom. The van der Waals surface area contributed by atoms with Crippen LogP contribution in [0.3, 0.4) is 0 Å². The highest BCUT2D eigenvalue weighted by Crippen LogP contribution is 2.39. The first-order chi connectivity index (χ1) is 18.8. The summed E-state index contributed by atoms with van der Waals surface area (Å²) < 4.78 is 17.9. The molecule has 3 aromatic rings. The van der Waals surface area contributed by atoms with Gasteiger partial charge in [0.15, 0.2) is 0 Å². The zero-order valence-corrected chi connectivity index (χ0v) is 24.1. The van der Waals surface area contributed by atoms with Crippen molar-refractivity contribution in [2.24, 2.45) is 0 Å². The second-order valence-corrected chi connectivity index (χ2v) is 15.1. The maximum absolute atomic E-state index is 13.3. The number of rotatable bonds is 9. The topological polar surface area (TPSA) is 77.1 Å². The molecule has 0 unspecified atom stereocenters. The number of carbonyl (C=O) groups excluding carboxylic acids is 2. The Labute approximate surface area is 232 Å². The van der Waals surface area contributed by atoms with Gasteiger partial charge in [-0.2, -0.15) is 0 Å². The second-order valence-electron chi connectivity index (χ2n) is 10.8. The molecule has 0 radical (unpaired) electrons. The Morgan fingerprint density at radius 2 is 1.44 bits per heavy atom. The monoisotopic (exact) mass is 546 g/mol. The van der Waals surface area contributed by atoms with Gasteiger partial charge in [0.2, 0.25) is 5.91 Å². The van der Waals surface area contributed by atoms with Crippen LogP contribution >= 0.6 is 0 Å². The molecule has 1 fully saturated rings. The Morgan fingerprint density at radius 1 is 0.897 bits per heavy atom. The maximum Gasteiger partial charge on any atom is 0.410 e. The Kier molecular flexibility index (Phi) is 9.22. The standard InChI is InChI=1S/C31H38N2O5Si/c1-31(2,3)39(26-16-10-6-11-17-26,27-18-12-7-13-19-27)38-25-20-28(29(34)32-23-36-4)33(21-25)30(35)37-22-24-14-8-5-9-15-24/h5-19,25,28H,20-23H2,1-4H3,(H,32,34)/t25-,28-/m1/s1. The largest absolute Gasteiger partial charge is 0.445 e. The predicted molar refractivity (Wildman–Crippen MR) is 154 cm³/mol. The van der Waals surface area contributed by atoms with Crippen LogP contribution in [0.15, 0.2) is 91.0 Å². The molecule has 0 spiro atoms. The van der Waals surface area contributed by atoms with E-state index in [0.717, 1.165) is 15.9 Å². The Bertz CT molecular complexity index is 1180. The molecule has 3 aromatic carbocycles. The lowest BCUT2D eigenvalue weighted by atomic mass is 10.2. The number of hydrogen-bond acceptors (Lipinski definition) is 5. The molecular weight excluding hydrogens is 508 g/mol. The summed E-state index contributed by atoms with van der Waals surface area (Å²) >= 11 is 0. The summed E-state index contributed by atoms with van der Waals surface area (Å²) in [5.74, 6) is -0.290. The fraction of sp³-hybridized carbons (Fsp3) is 0.355. The number of carbonyl (C=O) groups is 2. The Balaban J connectivity index is 1.65. The molecule has 1 saturated heterocycles. The average Bonchev–Trinajstić information content (AvgIpc) is 3.38. The highest BCUT2D eigenvalue weighted by atomic mass is 28.4. The molecule has 39 heavy (non-hydrogen) atoms. The number of methoxy groups -OCH3 is 1. The van der Waals surface area contributed by atoms with E-state index in [9.17, 15) is 9.59 Å². The van der Waals surface area contributed by atoms with Gasteiger partial charge in [0, 0.05) is 20.1 Å². The molecule has 1 N–H and O–H groups in total. The minimum Gasteiger partial charge on any atom is -0.445 e. The van der Waals surface area contributed by atoms with Crippen LogP contribution in [0.5, 0.6) is 0 Å². The van der Waals surface area contributed by atoms with Crippen LogP contribution in [0.25, 0.3) is 0 Å². The molecule has 2 amide bonds. The zero-order chi connectivity index (χ0) is 27.9. The lowest BCUT2D eigenvalue weighted by molar-refractivity contribution is -0.126. The molecule has 1 aliphatic rings. The van der Waals surface area contributed by atoms with Gasteiger partial charge in [0.1, 0.15) is 19.4 Å². The maximum atomic E-state index is 13.3. The van der Waals surface area contributed by atoms with E-state index in [0.29, 0.717) is 6.42 Å². The van der Waals surface area contributed by atoms with E-state index in [4.69, 9.17) is 13.9 Å². The SMILES string of the molecule is COCNC(=O)[C@H]1C[C@@H](O[Si](c2ccccc2)(c2ccccc2)C(C)(C)C)CN1C(=O)OCc1ccccc1. The van der Waals surface area contributed by atoms with Crippen molar-refractivity contribution in [3.63, 3.8) is 0 Å². The van der Waals surface area contributed by atoms with Crippen molar-refractivity contribution in [3.05, 3.63) is 96.6 Å². The third kappa shape index (κ3) is 6.41. The fourth-order valence-electron chi connectivity index (χ4n) is 5.34. The smallest absolute Gasteiger partial charge is 0.410 e. The van der Waals surface area contributed by atoms with Crippen molar-refractivity contribution in [3.8, 4) is 0 Å². The van der Waals surface area contributed by atoms with Gasteiger partial charge in [-0.05, 0) is 21.0 Å². The normalized spacial score (nSPS) is 17.6. The van der Waals surface area contributed by atoms with Gasteiger partial charge >= 0.3 is 6.09 Å². The number of likely N-dealkylation sites (tertiary alicyclic amines) is 1. The molecule has 0 bridgehead atoms. The molecule has 1 aliphatic heterocycles. The van der Waals surface area contributed by atoms with Crippen LogP contribution in [0.4, 0.5) is 4.79 Å². The first-order valence-electron chi connectivity index (χ1n) is 13.3. The molecule has 4 rings (SSSR count). The van der Waals surface area contributed by atoms with Crippen molar-refractivity contribution in [2.45, 2.75) is 51.0 Å². The van der Waals surface area contributed by atoms with E-state index in [-0.39, 0.29) is 36.9 Å². The van der Waals surface area contributed by atoms with Crippen molar-refractivity contribution >= 4 is 30.7 Å². The highest BCUT2D eigenvalue weighted by molar-refractivity contribution is 6.99. The minimum absolute atomic E-state index is 0.0580. The zero-order valence-electron chi connectivity index (χ0n) is 23.1. The first kappa shape index (κ1) is 28.5. The molecule has 1 heterocycles. The van der Waals surface area contributed by atoms with E-state index in [1.54, 1.807) is 0 Å². The van der Waals surface area contributed by atoms with Crippen molar-refractivity contribution in [1.29, 1.82) is 0 Å². The predicted octanol–water partition coefficient (Wildman–Crippen LogP) is 4.06. The molecule has 7 nitrogen and oxygen atoms in total. The Hall–Kier alpha value is -3.46. The molecule has 8 heteroatoms. The number of nitrogens with one attached hydrogen (secondary N) is 1. The van der Waals surface area contributed by atoms with Crippen molar-refractivity contribution in [1.82, 2.24) is 10.2 Å². The fourth-order valence-corrected chi connectivity index (χ4v) is 10.0. The van der Waals surface area contributed by atoms with Gasteiger partial charge in [-0.3, -0.25) is 9.69 Å². The van der Waals surface area contributed by atoms with Crippen LogP contribution in [-0.2, 0) is 25.3 Å². The van der Waals surface area contributed by atoms with E-state index in [1.807, 2.05) is 66.7 Å². The van der Waals surface area contributed by atoms with Crippen LogP contribution in [0.1, 0.15) is 32.8 Å². The lowest BCUT2D eigenvalue weighted by Gasteiger charge is -2.44. The summed E-state index contributed by atoms with van der Waals surface area (Å²) in [6.45, 7) is 7.07. The van der Waals surface area contributed by atoms with Gasteiger partial charge in [-0.1, -0.05) is 112 Å². The van der Waals surface area contributed by atoms with Gasteiger partial charge < -0.3 is 19.2 Å². The van der Waals surface area contributed by atoms with Gasteiger partial charge in [0.05, 0.1) is 6.10 Å². The third-order valence-electron chi connectivity index (χ3n) is 7.16. The van der Waals surface area contributed by atoms with Crippen LogP contribution in [0.2, 0.25) is 5.04 Å². The van der Waals surface area contributed by atoms with E-state index in [1.165, 1.54) is 12.0 Å². The van der Waals surface area contributed by atoms with Gasteiger partial charge in [-0.25, -0.2) is 4.79 Å². The number of amides is 2. The second kappa shape index (κ2) is 12.6. The number of benzene rings is 3. The average molecular weight is 547 g/mol. The molecule has 0 aromatic heterocycles. The number of hydrogen-bond donors (Lipinski definition) is 1. The van der Waals surface area contributed by atoms with Crippen molar-refractivity contribution in [2.75, 3.05) is 20.4 Å². The van der Waals surface area contributed by atoms with E-state index in [2.05, 4.69) is 50.4 Å². The minimum atomic E-state index is -2.87. The lowest BCUT2D eigenvalue weighted by Crippen LogP contribution is -2.67. The van der Waals surface area contributed by atoms with E-state index >= 15 is 0 Å². The first-order valence-corrected chi connectivity index (χ1v) is 15.2. The van der Waals surface area contributed by atoms with Crippen LogP contribution < -0.4 is 15.7 Å².